The maximum atomic E-state index is 14.3. The zero-order chi connectivity index (χ0) is 28.2. The molecule has 39 heavy (non-hydrogen) atoms. The summed E-state index contributed by atoms with van der Waals surface area (Å²) in [4.78, 5) is 30.0. The molecule has 1 atom stereocenters. The van der Waals surface area contributed by atoms with Gasteiger partial charge in [0, 0.05) is 16.8 Å². The highest BCUT2D eigenvalue weighted by molar-refractivity contribution is 6.02. The van der Waals surface area contributed by atoms with Crippen LogP contribution >= 0.6 is 0 Å². The van der Waals surface area contributed by atoms with Crippen molar-refractivity contribution in [3.63, 3.8) is 0 Å². The molecule has 0 bridgehead atoms. The van der Waals surface area contributed by atoms with Gasteiger partial charge in [-0.25, -0.2) is 4.68 Å². The van der Waals surface area contributed by atoms with Gasteiger partial charge in [-0.3, -0.25) is 14.5 Å². The highest BCUT2D eigenvalue weighted by Crippen LogP contribution is 2.37. The summed E-state index contributed by atoms with van der Waals surface area (Å²) in [5.41, 5.74) is 2.84. The van der Waals surface area contributed by atoms with Crippen LogP contribution in [0.2, 0.25) is 0 Å². The van der Waals surface area contributed by atoms with Crippen LogP contribution in [0.1, 0.15) is 44.4 Å². The number of hydrogen-bond donors (Lipinski definition) is 1. The fourth-order valence-electron chi connectivity index (χ4n) is 4.43. The minimum atomic E-state index is -1.07. The van der Waals surface area contributed by atoms with Gasteiger partial charge in [-0.1, -0.05) is 42.5 Å². The fourth-order valence-corrected chi connectivity index (χ4v) is 4.43. The summed E-state index contributed by atoms with van der Waals surface area (Å²) in [5.74, 6) is 0.327. The number of anilines is 1. The van der Waals surface area contributed by atoms with Crippen molar-refractivity contribution in [2.75, 3.05) is 19.1 Å². The van der Waals surface area contributed by atoms with E-state index < -0.39 is 11.6 Å². The number of amides is 2. The van der Waals surface area contributed by atoms with Gasteiger partial charge >= 0.3 is 0 Å². The highest BCUT2D eigenvalue weighted by Gasteiger charge is 2.37. The number of carbonyl (C=O) groups is 2. The van der Waals surface area contributed by atoms with E-state index in [0.717, 1.165) is 11.1 Å². The molecular weight excluding hydrogens is 494 g/mol. The molecule has 1 heterocycles. The number of nitrogens with zero attached hydrogens (tertiary/aromatic N) is 4. The molecule has 0 saturated carbocycles. The minimum absolute atomic E-state index is 0.123. The zero-order valence-corrected chi connectivity index (χ0v) is 23.3. The van der Waals surface area contributed by atoms with Crippen molar-refractivity contribution < 1.29 is 19.1 Å². The summed E-state index contributed by atoms with van der Waals surface area (Å²) < 4.78 is 12.7. The average Bonchev–Trinajstić information content (AvgIpc) is 3.34. The zero-order valence-electron chi connectivity index (χ0n) is 23.3. The molecule has 0 spiro atoms. The fraction of sp³-hybridized carbons (Fsp3) is 0.333. The lowest BCUT2D eigenvalue weighted by Crippen LogP contribution is -2.51. The van der Waals surface area contributed by atoms with Crippen molar-refractivity contribution in [1.82, 2.24) is 20.3 Å². The van der Waals surface area contributed by atoms with Crippen molar-refractivity contribution in [3.05, 3.63) is 77.9 Å². The molecule has 1 unspecified atom stereocenters. The first kappa shape index (κ1) is 27.6. The molecule has 9 heteroatoms. The maximum absolute atomic E-state index is 14.3. The van der Waals surface area contributed by atoms with Crippen LogP contribution in [0.4, 0.5) is 5.69 Å². The summed E-state index contributed by atoms with van der Waals surface area (Å²) >= 11 is 0. The molecule has 3 aromatic carbocycles. The summed E-state index contributed by atoms with van der Waals surface area (Å²) in [7, 11) is 3.10. The van der Waals surface area contributed by atoms with Crippen LogP contribution in [0.5, 0.6) is 11.5 Å². The highest BCUT2D eigenvalue weighted by atomic mass is 16.5. The lowest BCUT2D eigenvalue weighted by molar-refractivity contribution is -0.128. The summed E-state index contributed by atoms with van der Waals surface area (Å²) in [6.45, 7) is 7.69. The first-order chi connectivity index (χ1) is 18.7. The number of aromatic nitrogens is 3. The van der Waals surface area contributed by atoms with E-state index in [1.165, 1.54) is 12.0 Å². The summed E-state index contributed by atoms with van der Waals surface area (Å²) in [5, 5.41) is 11.6. The van der Waals surface area contributed by atoms with Gasteiger partial charge in [0.05, 0.1) is 19.7 Å². The number of aryl methyl sites for hydroxylation is 1. The van der Waals surface area contributed by atoms with Crippen LogP contribution in [-0.4, -0.2) is 46.6 Å². The van der Waals surface area contributed by atoms with Crippen molar-refractivity contribution in [1.29, 1.82) is 0 Å². The van der Waals surface area contributed by atoms with Gasteiger partial charge in [-0.2, -0.15) is 0 Å². The molecule has 0 saturated heterocycles. The van der Waals surface area contributed by atoms with Gasteiger partial charge in [-0.15, -0.1) is 5.10 Å². The normalized spacial score (nSPS) is 12.2. The Hall–Kier alpha value is -4.40. The lowest BCUT2D eigenvalue weighted by Gasteiger charge is -2.35. The van der Waals surface area contributed by atoms with Crippen LogP contribution in [0.3, 0.4) is 0 Å². The number of para-hydroxylation sites is 2. The van der Waals surface area contributed by atoms with E-state index >= 15 is 0 Å². The second kappa shape index (κ2) is 11.6. The topological polar surface area (TPSA) is 98.6 Å². The molecule has 0 fully saturated rings. The molecule has 2 amide bonds. The molecule has 0 aliphatic heterocycles. The van der Waals surface area contributed by atoms with E-state index in [0.29, 0.717) is 34.7 Å². The van der Waals surface area contributed by atoms with E-state index in [-0.39, 0.29) is 18.4 Å². The van der Waals surface area contributed by atoms with Crippen LogP contribution < -0.4 is 19.7 Å². The van der Waals surface area contributed by atoms with Gasteiger partial charge in [0.2, 0.25) is 11.8 Å². The number of methoxy groups -OCH3 is 2. The third kappa shape index (κ3) is 5.87. The van der Waals surface area contributed by atoms with Crippen molar-refractivity contribution in [3.8, 4) is 11.5 Å². The number of ether oxygens (including phenoxy) is 2. The molecule has 0 aliphatic rings. The molecule has 1 N–H and O–H groups in total. The van der Waals surface area contributed by atoms with Crippen LogP contribution in [0, 0.1) is 6.92 Å². The molecule has 9 nitrogen and oxygen atoms in total. The average molecular weight is 530 g/mol. The Labute approximate surface area is 228 Å². The quantitative estimate of drug-likeness (QED) is 0.316. The Balaban J connectivity index is 1.91. The number of rotatable bonds is 10. The third-order valence-corrected chi connectivity index (χ3v) is 6.93. The Morgan fingerprint density at radius 2 is 1.74 bits per heavy atom. The molecule has 4 rings (SSSR count). The first-order valence-corrected chi connectivity index (χ1v) is 12.9. The molecule has 0 aliphatic carbocycles. The lowest BCUT2D eigenvalue weighted by atomic mass is 9.97. The predicted molar refractivity (Wildman–Crippen MR) is 151 cm³/mol. The predicted octanol–water partition coefficient (Wildman–Crippen LogP) is 4.84. The van der Waals surface area contributed by atoms with Crippen molar-refractivity contribution in [2.45, 2.75) is 52.2 Å². The number of fused-ring (bicyclic) bond motifs is 1. The van der Waals surface area contributed by atoms with Crippen LogP contribution in [0.25, 0.3) is 11.0 Å². The van der Waals surface area contributed by atoms with E-state index in [1.54, 1.807) is 30.0 Å². The smallest absolute Gasteiger partial charge is 0.249 e. The Bertz CT molecular complexity index is 1480. The summed E-state index contributed by atoms with van der Waals surface area (Å²) in [6.07, 6.45) is 0.698. The largest absolute Gasteiger partial charge is 0.497 e. The SMILES string of the molecule is CCC(C)(C)NC(=O)C(c1cc(OC)ccc1OC)N(C(=O)Cn1nnc2ccccc21)c1ccccc1C. The number of hydrogen-bond acceptors (Lipinski definition) is 6. The standard InChI is InChI=1S/C30H35N5O4/c1-7-30(3,4)31-29(37)28(22-18-21(38-5)16-17-26(22)39-6)35(24-14-10-8-12-20(24)2)27(36)19-34-25-15-11-9-13-23(25)32-33-34/h8-18,28H,7,19H2,1-6H3,(H,31,37). The van der Waals surface area contributed by atoms with Gasteiger partial charge in [0.15, 0.2) is 0 Å². The van der Waals surface area contributed by atoms with Crippen molar-refractivity contribution in [2.24, 2.45) is 0 Å². The first-order valence-electron chi connectivity index (χ1n) is 12.9. The Kier molecular flexibility index (Phi) is 8.18. The monoisotopic (exact) mass is 529 g/mol. The molecule has 204 valence electrons. The van der Waals surface area contributed by atoms with Gasteiger partial charge < -0.3 is 14.8 Å². The number of benzene rings is 3. The molecular formula is C30H35N5O4. The third-order valence-electron chi connectivity index (χ3n) is 6.93. The van der Waals surface area contributed by atoms with E-state index in [9.17, 15) is 9.59 Å². The number of nitrogens with one attached hydrogen (secondary N) is 1. The summed E-state index contributed by atoms with van der Waals surface area (Å²) in [6, 6.07) is 19.1. The van der Waals surface area contributed by atoms with E-state index in [2.05, 4.69) is 15.6 Å². The second-order valence-electron chi connectivity index (χ2n) is 10.0. The molecule has 1 aromatic heterocycles. The van der Waals surface area contributed by atoms with E-state index in [1.807, 2.05) is 76.2 Å². The maximum Gasteiger partial charge on any atom is 0.249 e. The van der Waals surface area contributed by atoms with Crippen LogP contribution in [-0.2, 0) is 16.1 Å². The van der Waals surface area contributed by atoms with Gasteiger partial charge in [0.25, 0.3) is 0 Å². The van der Waals surface area contributed by atoms with Crippen molar-refractivity contribution >= 4 is 28.5 Å². The van der Waals surface area contributed by atoms with E-state index in [4.69, 9.17) is 9.47 Å². The Morgan fingerprint density at radius 1 is 1.03 bits per heavy atom. The van der Waals surface area contributed by atoms with Gasteiger partial charge in [0.1, 0.15) is 29.6 Å². The second-order valence-corrected chi connectivity index (χ2v) is 10.0. The van der Waals surface area contributed by atoms with Crippen LogP contribution in [0.15, 0.2) is 66.7 Å². The molecule has 0 radical (unpaired) electrons. The Morgan fingerprint density at radius 3 is 2.44 bits per heavy atom. The van der Waals surface area contributed by atoms with Gasteiger partial charge in [-0.05, 0) is 69.2 Å². The molecule has 4 aromatic rings. The minimum Gasteiger partial charge on any atom is -0.497 e. The number of carbonyl (C=O) groups excluding carboxylic acids is 2.